The fourth-order valence-corrected chi connectivity index (χ4v) is 7.88. The molecule has 1 saturated carbocycles. The lowest BCUT2D eigenvalue weighted by Crippen LogP contribution is -2.60. The van der Waals surface area contributed by atoms with Gasteiger partial charge in [0.2, 0.25) is 17.6 Å². The summed E-state index contributed by atoms with van der Waals surface area (Å²) in [4.78, 5) is 48.0. The molecule has 2 N–H and O–H groups in total. The Morgan fingerprint density at radius 3 is 2.09 bits per heavy atom. The summed E-state index contributed by atoms with van der Waals surface area (Å²) in [6, 6.07) is 2.40. The zero-order valence-electron chi connectivity index (χ0n) is 22.4. The first-order chi connectivity index (χ1) is 20.6. The van der Waals surface area contributed by atoms with Crippen molar-refractivity contribution >= 4 is 52.5 Å². The van der Waals surface area contributed by atoms with Crippen LogP contribution in [0.1, 0.15) is 24.3 Å². The molecule has 232 valence electrons. The molecule has 4 aliphatic rings. The highest BCUT2D eigenvalue weighted by atomic mass is 35.5. The summed E-state index contributed by atoms with van der Waals surface area (Å²) in [6.07, 6.45) is 0.769. The molecule has 3 fully saturated rings. The van der Waals surface area contributed by atoms with E-state index in [0.717, 1.165) is 6.07 Å². The summed E-state index contributed by atoms with van der Waals surface area (Å²) in [6.45, 7) is 0. The third kappa shape index (κ3) is 3.57. The lowest BCUT2D eigenvalue weighted by Gasteiger charge is -2.50. The number of carbonyl (C=O) groups is 4. The second-order valence-corrected chi connectivity index (χ2v) is 12.1. The monoisotopic (exact) mass is 660 g/mol. The highest BCUT2D eigenvalue weighted by Gasteiger charge is 2.77. The quantitative estimate of drug-likeness (QED) is 0.127. The molecule has 2 aliphatic heterocycles. The van der Waals surface area contributed by atoms with Crippen LogP contribution in [0.25, 0.3) is 0 Å². The highest BCUT2D eigenvalue weighted by molar-refractivity contribution is 6.58. The van der Waals surface area contributed by atoms with Crippen molar-refractivity contribution in [2.75, 3.05) is 19.1 Å². The summed E-state index contributed by atoms with van der Waals surface area (Å²) >= 11 is 14.0. The van der Waals surface area contributed by atoms with Crippen LogP contribution >= 0.6 is 23.2 Å². The predicted octanol–water partition coefficient (Wildman–Crippen LogP) is 3.96. The van der Waals surface area contributed by atoms with Gasteiger partial charge in [-0.15, -0.1) is 23.2 Å². The summed E-state index contributed by atoms with van der Waals surface area (Å²) in [5, 5.41) is 13.4. The normalized spacial score (nSPS) is 30.9. The van der Waals surface area contributed by atoms with Crippen molar-refractivity contribution in [1.29, 1.82) is 0 Å². The number of hydrogen-bond donors (Lipinski definition) is 2. The summed E-state index contributed by atoms with van der Waals surface area (Å²) < 4.78 is 83.2. The first kappa shape index (κ1) is 30.1. The topological polar surface area (TPSA) is 122 Å². The number of carbonyl (C=O) groups excluding carboxylic acids is 4. The fraction of sp³-hybridized carbons (Fsp3) is 0.357. The maximum absolute atomic E-state index is 15.1. The summed E-state index contributed by atoms with van der Waals surface area (Å²) in [5.74, 6) is -22.6. The minimum absolute atomic E-state index is 0.0461. The Morgan fingerprint density at radius 2 is 1.50 bits per heavy atom. The lowest BCUT2D eigenvalue weighted by molar-refractivity contribution is -0.127. The molecular formula is C28H19Cl2F5N2O7. The Morgan fingerprint density at radius 1 is 0.886 bits per heavy atom. The van der Waals surface area contributed by atoms with Crippen molar-refractivity contribution in [3.05, 3.63) is 58.4 Å². The Kier molecular flexibility index (Phi) is 6.71. The van der Waals surface area contributed by atoms with E-state index < -0.39 is 104 Å². The molecule has 6 atom stereocenters. The van der Waals surface area contributed by atoms with E-state index in [1.165, 1.54) is 26.4 Å². The van der Waals surface area contributed by atoms with E-state index in [-0.39, 0.29) is 34.0 Å². The molecule has 44 heavy (non-hydrogen) atoms. The second kappa shape index (κ2) is 9.80. The Hall–Kier alpha value is -3.91. The number of rotatable bonds is 4. The maximum Gasteiger partial charge on any atom is 0.258 e. The zero-order valence-corrected chi connectivity index (χ0v) is 24.0. The van der Waals surface area contributed by atoms with Crippen LogP contribution in [0.4, 0.5) is 27.6 Å². The van der Waals surface area contributed by atoms with Gasteiger partial charge in [0.05, 0.1) is 26.1 Å². The number of fused-ring (bicyclic) bond motifs is 4. The van der Waals surface area contributed by atoms with Gasteiger partial charge in [0.1, 0.15) is 22.9 Å². The van der Waals surface area contributed by atoms with Crippen LogP contribution in [-0.2, 0) is 19.2 Å². The molecule has 9 nitrogen and oxygen atoms in total. The first-order valence-electron chi connectivity index (χ1n) is 12.9. The van der Waals surface area contributed by atoms with Crippen LogP contribution in [0.3, 0.4) is 0 Å². The van der Waals surface area contributed by atoms with Gasteiger partial charge < -0.3 is 14.6 Å². The minimum atomic E-state index is -2.81. The SMILES string of the molecule is COc1cc(O)c(C2C3=CCC4C(=O)NC(=O)C4C3CC3(Cl)C(=O)N(c4c(F)c(F)c(F)c(F)c4F)C(=O)C23Cl)c(OC)c1. The van der Waals surface area contributed by atoms with Crippen molar-refractivity contribution in [1.82, 2.24) is 5.32 Å². The highest BCUT2D eigenvalue weighted by Crippen LogP contribution is 2.67. The molecule has 6 unspecified atom stereocenters. The third-order valence-electron chi connectivity index (χ3n) is 8.90. The largest absolute Gasteiger partial charge is 0.507 e. The number of anilines is 1. The van der Waals surface area contributed by atoms with Crippen LogP contribution in [-0.4, -0.2) is 52.7 Å². The van der Waals surface area contributed by atoms with Gasteiger partial charge in [0, 0.05) is 23.6 Å². The van der Waals surface area contributed by atoms with Crippen LogP contribution in [0.5, 0.6) is 17.2 Å². The number of benzene rings is 2. The molecule has 0 spiro atoms. The number of halogens is 7. The molecule has 4 amide bonds. The number of imide groups is 2. The van der Waals surface area contributed by atoms with Crippen LogP contribution in [0, 0.1) is 46.8 Å². The average Bonchev–Trinajstić information content (AvgIpc) is 3.36. The van der Waals surface area contributed by atoms with Crippen LogP contribution in [0.15, 0.2) is 23.8 Å². The number of alkyl halides is 2. The van der Waals surface area contributed by atoms with E-state index in [0.29, 0.717) is 0 Å². The number of amides is 4. The second-order valence-electron chi connectivity index (χ2n) is 10.8. The van der Waals surface area contributed by atoms with Crippen molar-refractivity contribution in [3.63, 3.8) is 0 Å². The fourth-order valence-electron chi connectivity index (χ4n) is 6.96. The van der Waals surface area contributed by atoms with E-state index in [9.17, 15) is 37.5 Å². The third-order valence-corrected chi connectivity index (χ3v) is 10.3. The molecule has 2 aromatic rings. The van der Waals surface area contributed by atoms with Gasteiger partial charge >= 0.3 is 0 Å². The number of phenols is 1. The van der Waals surface area contributed by atoms with Crippen molar-refractivity contribution in [2.45, 2.75) is 28.5 Å². The van der Waals surface area contributed by atoms with Crippen molar-refractivity contribution in [2.24, 2.45) is 17.8 Å². The lowest BCUT2D eigenvalue weighted by atomic mass is 9.56. The molecule has 2 aliphatic carbocycles. The molecule has 16 heteroatoms. The van der Waals surface area contributed by atoms with E-state index in [2.05, 4.69) is 5.32 Å². The van der Waals surface area contributed by atoms with Crippen LogP contribution < -0.4 is 19.7 Å². The minimum Gasteiger partial charge on any atom is -0.507 e. The number of nitrogens with one attached hydrogen (secondary N) is 1. The van der Waals surface area contributed by atoms with Crippen LogP contribution in [0.2, 0.25) is 0 Å². The number of hydrogen-bond acceptors (Lipinski definition) is 7. The molecule has 0 radical (unpaired) electrons. The van der Waals surface area contributed by atoms with Gasteiger partial charge in [-0.2, -0.15) is 0 Å². The van der Waals surface area contributed by atoms with Gasteiger partial charge in [0.15, 0.2) is 33.0 Å². The number of aromatic hydroxyl groups is 1. The molecule has 2 aromatic carbocycles. The maximum atomic E-state index is 15.1. The summed E-state index contributed by atoms with van der Waals surface area (Å²) in [5.41, 5.74) is -2.01. The Balaban J connectivity index is 1.66. The van der Waals surface area contributed by atoms with Gasteiger partial charge in [-0.3, -0.25) is 24.5 Å². The van der Waals surface area contributed by atoms with Crippen molar-refractivity contribution in [3.8, 4) is 17.2 Å². The van der Waals surface area contributed by atoms with Gasteiger partial charge in [-0.25, -0.2) is 26.9 Å². The van der Waals surface area contributed by atoms with E-state index in [1.807, 2.05) is 0 Å². The number of methoxy groups -OCH3 is 2. The zero-order chi connectivity index (χ0) is 32.2. The van der Waals surface area contributed by atoms with Crippen molar-refractivity contribution < 1.29 is 55.7 Å². The summed E-state index contributed by atoms with van der Waals surface area (Å²) in [7, 11) is 2.46. The molecule has 6 rings (SSSR count). The molecule has 2 saturated heterocycles. The molecule has 2 heterocycles. The number of phenolic OH excluding ortho intramolecular Hbond substituents is 1. The molecule has 0 aromatic heterocycles. The molecular weight excluding hydrogens is 642 g/mol. The first-order valence-corrected chi connectivity index (χ1v) is 13.7. The number of allylic oxidation sites excluding steroid dienone is 2. The Labute approximate surface area is 254 Å². The van der Waals surface area contributed by atoms with Gasteiger partial charge in [-0.1, -0.05) is 11.6 Å². The van der Waals surface area contributed by atoms with E-state index in [1.54, 1.807) is 0 Å². The number of nitrogens with zero attached hydrogens (tertiary/aromatic N) is 1. The predicted molar refractivity (Wildman–Crippen MR) is 141 cm³/mol. The average molecular weight is 661 g/mol. The van der Waals surface area contributed by atoms with E-state index in [4.69, 9.17) is 32.7 Å². The Bertz CT molecular complexity index is 1730. The smallest absolute Gasteiger partial charge is 0.258 e. The van der Waals surface area contributed by atoms with Gasteiger partial charge in [-0.05, 0) is 18.8 Å². The standard InChI is InChI=1S/C28H19Cl2F5N2O7/c1-43-8-5-12(38)15(13(6-8)44-2)16-9-3-4-10-14(24(40)36-23(10)39)11(9)7-27(29)25(41)37(26(42)28(16,27)30)22-20(34)18(32)17(31)19(33)21(22)35/h3,5-6,10-11,14,16,38H,4,7H2,1-2H3,(H,36,39,40). The number of ether oxygens (including phenoxy) is 2. The molecule has 0 bridgehead atoms. The van der Waals surface area contributed by atoms with E-state index >= 15 is 8.78 Å². The van der Waals surface area contributed by atoms with Gasteiger partial charge in [0.25, 0.3) is 11.8 Å².